The molecule has 3 rings (SSSR count). The monoisotopic (exact) mass is 333 g/mol. The number of rotatable bonds is 5. The molecule has 0 saturated carbocycles. The first-order valence-corrected chi connectivity index (χ1v) is 8.02. The zero-order chi connectivity index (χ0) is 17.1. The highest BCUT2D eigenvalue weighted by Gasteiger charge is 2.27. The maximum absolute atomic E-state index is 14.4. The molecule has 1 aliphatic rings. The lowest BCUT2D eigenvalue weighted by Gasteiger charge is -2.25. The first-order chi connectivity index (χ1) is 11.6. The Bertz CT molecular complexity index is 703. The van der Waals surface area contributed by atoms with E-state index in [0.29, 0.717) is 23.6 Å². The molecule has 3 nitrogen and oxygen atoms in total. The van der Waals surface area contributed by atoms with Crippen LogP contribution in [0.5, 0.6) is 11.5 Å². The van der Waals surface area contributed by atoms with Crippen LogP contribution in [-0.4, -0.2) is 25.7 Å². The van der Waals surface area contributed by atoms with Crippen LogP contribution < -0.4 is 9.47 Å². The summed E-state index contributed by atoms with van der Waals surface area (Å²) in [6.07, 6.45) is 2.03. The summed E-state index contributed by atoms with van der Waals surface area (Å²) < 4.78 is 37.9. The largest absolute Gasteiger partial charge is 0.493 e. The third kappa shape index (κ3) is 3.36. The molecule has 0 amide bonds. The van der Waals surface area contributed by atoms with Crippen molar-refractivity contribution in [3.05, 3.63) is 59.2 Å². The fourth-order valence-corrected chi connectivity index (χ4v) is 3.31. The van der Waals surface area contributed by atoms with Gasteiger partial charge in [-0.15, -0.1) is 0 Å². The highest BCUT2D eigenvalue weighted by molar-refractivity contribution is 5.43. The van der Waals surface area contributed by atoms with Crippen LogP contribution in [0.3, 0.4) is 0 Å². The molecule has 0 N–H and O–H groups in total. The highest BCUT2D eigenvalue weighted by atomic mass is 19.1. The van der Waals surface area contributed by atoms with Crippen LogP contribution in [0, 0.1) is 11.6 Å². The van der Waals surface area contributed by atoms with E-state index in [2.05, 4.69) is 4.90 Å². The first-order valence-electron chi connectivity index (χ1n) is 8.02. The standard InChI is InChI=1S/C19H21F2NO2/c1-23-18-10-14(16(21)11-19(18)24-2)12-22-9-3-4-17(22)13-5-7-15(20)8-6-13/h5-8,10-11,17H,3-4,9,12H2,1-2H3. The maximum atomic E-state index is 14.4. The Morgan fingerprint density at radius 1 is 1.04 bits per heavy atom. The number of likely N-dealkylation sites (tertiary alicyclic amines) is 1. The molecule has 24 heavy (non-hydrogen) atoms. The van der Waals surface area contributed by atoms with E-state index in [1.807, 2.05) is 12.1 Å². The Hall–Kier alpha value is -2.14. The molecule has 0 radical (unpaired) electrons. The van der Waals surface area contributed by atoms with Gasteiger partial charge in [0.25, 0.3) is 0 Å². The highest BCUT2D eigenvalue weighted by Crippen LogP contribution is 2.36. The van der Waals surface area contributed by atoms with Gasteiger partial charge in [-0.25, -0.2) is 8.78 Å². The molecule has 1 fully saturated rings. The van der Waals surface area contributed by atoms with Gasteiger partial charge in [-0.05, 0) is 43.1 Å². The second-order valence-electron chi connectivity index (χ2n) is 5.98. The average molecular weight is 333 g/mol. The molecule has 0 aliphatic carbocycles. The minimum absolute atomic E-state index is 0.179. The van der Waals surface area contributed by atoms with E-state index >= 15 is 0 Å². The normalized spacial score (nSPS) is 17.9. The second-order valence-corrected chi connectivity index (χ2v) is 5.98. The van der Waals surface area contributed by atoms with Crippen LogP contribution in [0.1, 0.15) is 30.0 Å². The van der Waals surface area contributed by atoms with Crippen molar-refractivity contribution >= 4 is 0 Å². The van der Waals surface area contributed by atoms with Gasteiger partial charge >= 0.3 is 0 Å². The van der Waals surface area contributed by atoms with E-state index in [-0.39, 0.29) is 17.7 Å². The summed E-state index contributed by atoms with van der Waals surface area (Å²) in [6, 6.07) is 9.79. The van der Waals surface area contributed by atoms with Crippen LogP contribution in [-0.2, 0) is 6.54 Å². The van der Waals surface area contributed by atoms with Crippen molar-refractivity contribution in [3.63, 3.8) is 0 Å². The number of methoxy groups -OCH3 is 2. The third-order valence-electron chi connectivity index (χ3n) is 4.54. The van der Waals surface area contributed by atoms with Crippen molar-refractivity contribution in [3.8, 4) is 11.5 Å². The molecular weight excluding hydrogens is 312 g/mol. The summed E-state index contributed by atoms with van der Waals surface area (Å²) in [7, 11) is 3.03. The van der Waals surface area contributed by atoms with Crippen molar-refractivity contribution in [2.24, 2.45) is 0 Å². The van der Waals surface area contributed by atoms with Gasteiger partial charge in [0.2, 0.25) is 0 Å². The van der Waals surface area contributed by atoms with E-state index in [9.17, 15) is 8.78 Å². The summed E-state index contributed by atoms with van der Waals surface area (Å²) in [5.74, 6) is 0.355. The Kier molecular flexibility index (Phi) is 5.00. The lowest BCUT2D eigenvalue weighted by atomic mass is 10.0. The third-order valence-corrected chi connectivity index (χ3v) is 4.54. The Morgan fingerprint density at radius 3 is 2.38 bits per heavy atom. The van der Waals surface area contributed by atoms with Crippen LogP contribution >= 0.6 is 0 Å². The Balaban J connectivity index is 1.83. The van der Waals surface area contributed by atoms with Gasteiger partial charge in [0.05, 0.1) is 14.2 Å². The Morgan fingerprint density at radius 2 is 1.71 bits per heavy atom. The maximum Gasteiger partial charge on any atom is 0.163 e. The van der Waals surface area contributed by atoms with Gasteiger partial charge in [0, 0.05) is 24.2 Å². The van der Waals surface area contributed by atoms with Crippen LogP contribution in [0.25, 0.3) is 0 Å². The zero-order valence-corrected chi connectivity index (χ0v) is 13.9. The predicted molar refractivity (Wildman–Crippen MR) is 88.3 cm³/mol. The van der Waals surface area contributed by atoms with Crippen molar-refractivity contribution < 1.29 is 18.3 Å². The van der Waals surface area contributed by atoms with E-state index in [0.717, 1.165) is 24.9 Å². The van der Waals surface area contributed by atoms with Gasteiger partial charge in [-0.2, -0.15) is 0 Å². The van der Waals surface area contributed by atoms with E-state index < -0.39 is 0 Å². The SMILES string of the molecule is COc1cc(F)c(CN2CCCC2c2ccc(F)cc2)cc1OC. The quantitative estimate of drug-likeness (QED) is 0.813. The van der Waals surface area contributed by atoms with Gasteiger partial charge in [0.1, 0.15) is 11.6 Å². The van der Waals surface area contributed by atoms with E-state index in [1.54, 1.807) is 6.07 Å². The van der Waals surface area contributed by atoms with Gasteiger partial charge in [-0.1, -0.05) is 12.1 Å². The minimum atomic E-state index is -0.308. The minimum Gasteiger partial charge on any atom is -0.493 e. The fourth-order valence-electron chi connectivity index (χ4n) is 3.31. The summed E-state index contributed by atoms with van der Waals surface area (Å²) in [4.78, 5) is 2.22. The fraction of sp³-hybridized carbons (Fsp3) is 0.368. The summed E-state index contributed by atoms with van der Waals surface area (Å²) in [6.45, 7) is 1.37. The smallest absolute Gasteiger partial charge is 0.163 e. The number of hydrogen-bond acceptors (Lipinski definition) is 3. The molecule has 0 aromatic heterocycles. The van der Waals surface area contributed by atoms with E-state index in [1.165, 1.54) is 32.4 Å². The predicted octanol–water partition coefficient (Wildman–Crippen LogP) is 4.32. The molecule has 1 unspecified atom stereocenters. The van der Waals surface area contributed by atoms with Gasteiger partial charge in [-0.3, -0.25) is 4.90 Å². The Labute approximate surface area is 140 Å². The van der Waals surface area contributed by atoms with Crippen LogP contribution in [0.15, 0.2) is 36.4 Å². The van der Waals surface area contributed by atoms with Crippen molar-refractivity contribution in [1.82, 2.24) is 4.90 Å². The van der Waals surface area contributed by atoms with Crippen molar-refractivity contribution in [2.45, 2.75) is 25.4 Å². The van der Waals surface area contributed by atoms with Gasteiger partial charge < -0.3 is 9.47 Å². The average Bonchev–Trinajstić information content (AvgIpc) is 3.05. The number of hydrogen-bond donors (Lipinski definition) is 0. The van der Waals surface area contributed by atoms with Crippen molar-refractivity contribution in [1.29, 1.82) is 0 Å². The molecule has 2 aromatic rings. The summed E-state index contributed by atoms with van der Waals surface area (Å²) >= 11 is 0. The number of benzene rings is 2. The lowest BCUT2D eigenvalue weighted by molar-refractivity contribution is 0.244. The molecule has 1 heterocycles. The summed E-state index contributed by atoms with van der Waals surface area (Å²) in [5, 5.41) is 0. The number of nitrogens with zero attached hydrogens (tertiary/aromatic N) is 1. The summed E-state index contributed by atoms with van der Waals surface area (Å²) in [5.41, 5.74) is 1.64. The first kappa shape index (κ1) is 16.7. The lowest BCUT2D eigenvalue weighted by Crippen LogP contribution is -2.23. The van der Waals surface area contributed by atoms with Crippen LogP contribution in [0.4, 0.5) is 8.78 Å². The second kappa shape index (κ2) is 7.18. The molecule has 0 spiro atoms. The molecule has 1 atom stereocenters. The molecule has 2 aromatic carbocycles. The van der Waals surface area contributed by atoms with E-state index in [4.69, 9.17) is 9.47 Å². The molecular formula is C19H21F2NO2. The topological polar surface area (TPSA) is 21.7 Å². The molecule has 0 bridgehead atoms. The number of halogens is 2. The van der Waals surface area contributed by atoms with Gasteiger partial charge in [0.15, 0.2) is 11.5 Å². The van der Waals surface area contributed by atoms with Crippen molar-refractivity contribution in [2.75, 3.05) is 20.8 Å². The van der Waals surface area contributed by atoms with Crippen LogP contribution in [0.2, 0.25) is 0 Å². The molecule has 1 saturated heterocycles. The number of ether oxygens (including phenoxy) is 2. The molecule has 128 valence electrons. The molecule has 5 heteroatoms. The zero-order valence-electron chi connectivity index (χ0n) is 13.9. The molecule has 1 aliphatic heterocycles.